The van der Waals surface area contributed by atoms with Crippen LogP contribution in [0.2, 0.25) is 0 Å². The predicted octanol–water partition coefficient (Wildman–Crippen LogP) is 2.36. The highest BCUT2D eigenvalue weighted by molar-refractivity contribution is 5.74. The minimum Gasteiger partial charge on any atom is -0.494 e. The van der Waals surface area contributed by atoms with Crippen molar-refractivity contribution < 1.29 is 19.0 Å². The third kappa shape index (κ3) is 4.34. The van der Waals surface area contributed by atoms with Gasteiger partial charge >= 0.3 is 6.03 Å². The molecule has 0 radical (unpaired) electrons. The standard InChI is InChI=1S/C16H23FN2O3/c1-10(12-4-6-15(22-2)14(17)8-12)19-16(21)18-9-11-3-5-13(20)7-11/h4,6,8,10-11,13,20H,3,5,7,9H2,1-2H3,(H2,18,19,21)/t10-,11-,13+/m0/s1. The monoisotopic (exact) mass is 310 g/mol. The molecule has 0 aromatic heterocycles. The second-order valence-electron chi connectivity index (χ2n) is 5.80. The van der Waals surface area contributed by atoms with E-state index in [1.165, 1.54) is 13.2 Å². The van der Waals surface area contributed by atoms with Crippen molar-refractivity contribution >= 4 is 6.03 Å². The fraction of sp³-hybridized carbons (Fsp3) is 0.562. The molecule has 5 nitrogen and oxygen atoms in total. The van der Waals surface area contributed by atoms with E-state index in [-0.39, 0.29) is 23.9 Å². The lowest BCUT2D eigenvalue weighted by atomic mass is 10.1. The zero-order valence-corrected chi connectivity index (χ0v) is 12.9. The molecule has 3 N–H and O–H groups in total. The van der Waals surface area contributed by atoms with Crippen LogP contribution >= 0.6 is 0 Å². The van der Waals surface area contributed by atoms with Crippen LogP contribution in [0.5, 0.6) is 5.75 Å². The quantitative estimate of drug-likeness (QED) is 0.782. The van der Waals surface area contributed by atoms with Gasteiger partial charge in [0.2, 0.25) is 0 Å². The number of nitrogens with one attached hydrogen (secondary N) is 2. The van der Waals surface area contributed by atoms with Gasteiger partial charge in [-0.1, -0.05) is 6.07 Å². The van der Waals surface area contributed by atoms with Crippen molar-refractivity contribution in [1.29, 1.82) is 0 Å². The molecule has 0 unspecified atom stereocenters. The normalized spacial score (nSPS) is 22.2. The summed E-state index contributed by atoms with van der Waals surface area (Å²) in [6.07, 6.45) is 2.23. The smallest absolute Gasteiger partial charge is 0.315 e. The minimum absolute atomic E-state index is 0.181. The number of hydrogen-bond donors (Lipinski definition) is 3. The number of hydrogen-bond acceptors (Lipinski definition) is 3. The predicted molar refractivity (Wildman–Crippen MR) is 81.2 cm³/mol. The maximum atomic E-state index is 13.7. The molecule has 2 amide bonds. The highest BCUT2D eigenvalue weighted by atomic mass is 19.1. The number of urea groups is 1. The molecular weight excluding hydrogens is 287 g/mol. The average Bonchev–Trinajstić information content (AvgIpc) is 2.90. The highest BCUT2D eigenvalue weighted by Gasteiger charge is 2.23. The summed E-state index contributed by atoms with van der Waals surface area (Å²) in [5.41, 5.74) is 0.671. The first-order valence-corrected chi connectivity index (χ1v) is 7.55. The van der Waals surface area contributed by atoms with Crippen molar-refractivity contribution in [2.24, 2.45) is 5.92 Å². The van der Waals surface area contributed by atoms with Gasteiger partial charge in [0.25, 0.3) is 0 Å². The van der Waals surface area contributed by atoms with Crippen LogP contribution in [-0.2, 0) is 0 Å². The van der Waals surface area contributed by atoms with Gasteiger partial charge < -0.3 is 20.5 Å². The van der Waals surface area contributed by atoms with Gasteiger partial charge in [-0.05, 0) is 49.8 Å². The Balaban J connectivity index is 1.81. The number of halogens is 1. The Bertz CT molecular complexity index is 524. The molecular formula is C16H23FN2O3. The van der Waals surface area contributed by atoms with Crippen molar-refractivity contribution in [2.45, 2.75) is 38.3 Å². The number of ether oxygens (including phenoxy) is 1. The molecule has 0 saturated heterocycles. The lowest BCUT2D eigenvalue weighted by molar-refractivity contribution is 0.177. The Kier molecular flexibility index (Phi) is 5.60. The van der Waals surface area contributed by atoms with Gasteiger partial charge in [-0.15, -0.1) is 0 Å². The third-order valence-corrected chi connectivity index (χ3v) is 4.09. The van der Waals surface area contributed by atoms with Crippen molar-refractivity contribution in [1.82, 2.24) is 10.6 Å². The summed E-state index contributed by atoms with van der Waals surface area (Å²) in [5, 5.41) is 15.0. The topological polar surface area (TPSA) is 70.6 Å². The van der Waals surface area contributed by atoms with Crippen LogP contribution < -0.4 is 15.4 Å². The summed E-state index contributed by atoms with van der Waals surface area (Å²) >= 11 is 0. The molecule has 122 valence electrons. The fourth-order valence-corrected chi connectivity index (χ4v) is 2.75. The van der Waals surface area contributed by atoms with E-state index in [1.54, 1.807) is 19.1 Å². The molecule has 0 bridgehead atoms. The Morgan fingerprint density at radius 1 is 1.50 bits per heavy atom. The average molecular weight is 310 g/mol. The van der Waals surface area contributed by atoms with Crippen molar-refractivity contribution in [3.8, 4) is 5.75 Å². The molecule has 6 heteroatoms. The van der Waals surface area contributed by atoms with Crippen molar-refractivity contribution in [3.05, 3.63) is 29.6 Å². The minimum atomic E-state index is -0.450. The Morgan fingerprint density at radius 2 is 2.27 bits per heavy atom. The number of rotatable bonds is 5. The molecule has 1 fully saturated rings. The second kappa shape index (κ2) is 7.45. The van der Waals surface area contributed by atoms with Crippen LogP contribution in [0.25, 0.3) is 0 Å². The molecule has 2 rings (SSSR count). The Morgan fingerprint density at radius 3 is 2.86 bits per heavy atom. The first kappa shape index (κ1) is 16.5. The maximum absolute atomic E-state index is 13.7. The Labute approximate surface area is 129 Å². The van der Waals surface area contributed by atoms with E-state index in [1.807, 2.05) is 0 Å². The van der Waals surface area contributed by atoms with E-state index in [9.17, 15) is 14.3 Å². The summed E-state index contributed by atoms with van der Waals surface area (Å²) in [4.78, 5) is 11.9. The number of carbonyl (C=O) groups is 1. The molecule has 1 aromatic rings. The number of amides is 2. The molecule has 0 aliphatic heterocycles. The number of aliphatic hydroxyl groups excluding tert-OH is 1. The molecule has 1 aromatic carbocycles. The number of methoxy groups -OCH3 is 1. The number of benzene rings is 1. The second-order valence-corrected chi connectivity index (χ2v) is 5.80. The lowest BCUT2D eigenvalue weighted by Crippen LogP contribution is -2.39. The van der Waals surface area contributed by atoms with Crippen LogP contribution in [0.4, 0.5) is 9.18 Å². The maximum Gasteiger partial charge on any atom is 0.315 e. The van der Waals surface area contributed by atoms with Crippen LogP contribution in [0.1, 0.15) is 37.8 Å². The van der Waals surface area contributed by atoms with Crippen molar-refractivity contribution in [2.75, 3.05) is 13.7 Å². The first-order chi connectivity index (χ1) is 10.5. The summed E-state index contributed by atoms with van der Waals surface area (Å²) in [5.74, 6) is 0.0590. The van der Waals surface area contributed by atoms with Crippen molar-refractivity contribution in [3.63, 3.8) is 0 Å². The summed E-state index contributed by atoms with van der Waals surface area (Å²) in [7, 11) is 1.41. The molecule has 1 aliphatic rings. The molecule has 0 spiro atoms. The van der Waals surface area contributed by atoms with Crippen LogP contribution in [0, 0.1) is 11.7 Å². The number of aliphatic hydroxyl groups is 1. The molecule has 0 heterocycles. The SMILES string of the molecule is COc1ccc([C@H](C)NC(=O)NC[C@H]2CC[C@@H](O)C2)cc1F. The van der Waals surface area contributed by atoms with E-state index in [0.717, 1.165) is 19.3 Å². The number of carbonyl (C=O) groups excluding carboxylic acids is 1. The lowest BCUT2D eigenvalue weighted by Gasteiger charge is -2.17. The van der Waals surface area contributed by atoms with E-state index < -0.39 is 5.82 Å². The van der Waals surface area contributed by atoms with Gasteiger partial charge in [0.15, 0.2) is 11.6 Å². The van der Waals surface area contributed by atoms with Gasteiger partial charge in [-0.3, -0.25) is 0 Å². The van der Waals surface area contributed by atoms with Gasteiger partial charge in [0.05, 0.1) is 19.3 Å². The summed E-state index contributed by atoms with van der Waals surface area (Å²) in [6, 6.07) is 4.03. The third-order valence-electron chi connectivity index (χ3n) is 4.09. The van der Waals surface area contributed by atoms with Gasteiger partial charge in [-0.25, -0.2) is 9.18 Å². The first-order valence-electron chi connectivity index (χ1n) is 7.55. The highest BCUT2D eigenvalue weighted by Crippen LogP contribution is 2.24. The van der Waals surface area contributed by atoms with E-state index in [2.05, 4.69) is 10.6 Å². The van der Waals surface area contributed by atoms with E-state index in [4.69, 9.17) is 4.74 Å². The Hall–Kier alpha value is -1.82. The van der Waals surface area contributed by atoms with Gasteiger partial charge in [0.1, 0.15) is 0 Å². The molecule has 3 atom stereocenters. The zero-order chi connectivity index (χ0) is 16.1. The van der Waals surface area contributed by atoms with Crippen LogP contribution in [0.3, 0.4) is 0 Å². The molecule has 1 aliphatic carbocycles. The van der Waals surface area contributed by atoms with Gasteiger partial charge in [-0.2, -0.15) is 0 Å². The summed E-state index contributed by atoms with van der Waals surface area (Å²) in [6.45, 7) is 2.34. The van der Waals surface area contributed by atoms with E-state index >= 15 is 0 Å². The molecule has 22 heavy (non-hydrogen) atoms. The largest absolute Gasteiger partial charge is 0.494 e. The van der Waals surface area contributed by atoms with Gasteiger partial charge in [0, 0.05) is 6.54 Å². The van der Waals surface area contributed by atoms with Crippen LogP contribution in [0.15, 0.2) is 18.2 Å². The van der Waals surface area contributed by atoms with E-state index in [0.29, 0.717) is 18.0 Å². The summed E-state index contributed by atoms with van der Waals surface area (Å²) < 4.78 is 18.5. The van der Waals surface area contributed by atoms with Crippen LogP contribution in [-0.4, -0.2) is 30.9 Å². The zero-order valence-electron chi connectivity index (χ0n) is 12.9. The molecule has 1 saturated carbocycles. The fourth-order valence-electron chi connectivity index (χ4n) is 2.75.